The van der Waals surface area contributed by atoms with E-state index in [0.29, 0.717) is 17.1 Å². The Morgan fingerprint density at radius 1 is 1.31 bits per heavy atom. The van der Waals surface area contributed by atoms with Crippen LogP contribution < -0.4 is 0 Å². The number of carbonyl (C=O) groups is 1. The molecule has 4 atom stereocenters. The van der Waals surface area contributed by atoms with Crippen molar-refractivity contribution in [2.75, 3.05) is 0 Å². The van der Waals surface area contributed by atoms with E-state index in [1.165, 1.54) is 5.57 Å². The van der Waals surface area contributed by atoms with Gasteiger partial charge in [-0.2, -0.15) is 0 Å². The highest BCUT2D eigenvalue weighted by molar-refractivity contribution is 5.92. The Labute approximate surface area is 97.6 Å². The predicted octanol–water partition coefficient (Wildman–Crippen LogP) is 3.37. The molecule has 1 heteroatoms. The van der Waals surface area contributed by atoms with Crippen molar-refractivity contribution in [3.05, 3.63) is 23.8 Å². The third-order valence-electron chi connectivity index (χ3n) is 5.51. The lowest BCUT2D eigenvalue weighted by Crippen LogP contribution is -2.37. The topological polar surface area (TPSA) is 17.1 Å². The van der Waals surface area contributed by atoms with Gasteiger partial charge < -0.3 is 0 Å². The summed E-state index contributed by atoms with van der Waals surface area (Å²) in [5.74, 6) is 2.26. The van der Waals surface area contributed by atoms with Crippen LogP contribution in [-0.2, 0) is 4.79 Å². The third kappa shape index (κ3) is 0.996. The van der Waals surface area contributed by atoms with E-state index in [1.807, 2.05) is 6.08 Å². The molecule has 0 heterocycles. The van der Waals surface area contributed by atoms with E-state index in [-0.39, 0.29) is 5.41 Å². The van der Waals surface area contributed by atoms with E-state index in [4.69, 9.17) is 0 Å². The Bertz CT molecular complexity index is 427. The van der Waals surface area contributed by atoms with Gasteiger partial charge in [0.05, 0.1) is 0 Å². The average molecular weight is 216 g/mol. The fraction of sp³-hybridized carbons (Fsp3) is 0.667. The van der Waals surface area contributed by atoms with E-state index >= 15 is 0 Å². The molecule has 1 fully saturated rings. The molecular formula is C15H20O. The van der Waals surface area contributed by atoms with Crippen molar-refractivity contribution in [3.8, 4) is 0 Å². The smallest absolute Gasteiger partial charge is 0.156 e. The van der Waals surface area contributed by atoms with Gasteiger partial charge >= 0.3 is 0 Å². The van der Waals surface area contributed by atoms with Gasteiger partial charge in [-0.15, -0.1) is 0 Å². The van der Waals surface area contributed by atoms with Gasteiger partial charge in [-0.25, -0.2) is 0 Å². The summed E-state index contributed by atoms with van der Waals surface area (Å²) in [7, 11) is 0. The number of ketones is 1. The van der Waals surface area contributed by atoms with Crippen LogP contribution in [0.2, 0.25) is 0 Å². The Balaban J connectivity index is 2.13. The minimum Gasteiger partial charge on any atom is -0.295 e. The Morgan fingerprint density at radius 2 is 2.00 bits per heavy atom. The summed E-state index contributed by atoms with van der Waals surface area (Å²) in [6, 6.07) is 0. The molecule has 1 saturated carbocycles. The van der Waals surface area contributed by atoms with Gasteiger partial charge in [0.25, 0.3) is 0 Å². The fourth-order valence-corrected chi connectivity index (χ4v) is 4.29. The highest BCUT2D eigenvalue weighted by Gasteiger charge is 2.67. The van der Waals surface area contributed by atoms with E-state index in [0.717, 1.165) is 18.3 Å². The summed E-state index contributed by atoms with van der Waals surface area (Å²) in [4.78, 5) is 11.6. The summed E-state index contributed by atoms with van der Waals surface area (Å²) >= 11 is 0. The second-order valence-electron chi connectivity index (χ2n) is 6.64. The maximum Gasteiger partial charge on any atom is 0.156 e. The molecule has 3 aliphatic carbocycles. The van der Waals surface area contributed by atoms with E-state index in [9.17, 15) is 4.79 Å². The van der Waals surface area contributed by atoms with Crippen LogP contribution in [-0.4, -0.2) is 5.78 Å². The monoisotopic (exact) mass is 216 g/mol. The second-order valence-corrected chi connectivity index (χ2v) is 6.64. The van der Waals surface area contributed by atoms with E-state index < -0.39 is 0 Å². The summed E-state index contributed by atoms with van der Waals surface area (Å²) in [6.45, 7) is 9.34. The molecule has 0 bridgehead atoms. The van der Waals surface area contributed by atoms with Crippen LogP contribution in [0.15, 0.2) is 23.8 Å². The van der Waals surface area contributed by atoms with Crippen molar-refractivity contribution in [1.29, 1.82) is 0 Å². The van der Waals surface area contributed by atoms with Gasteiger partial charge in [0.1, 0.15) is 0 Å². The lowest BCUT2D eigenvalue weighted by Gasteiger charge is -2.42. The van der Waals surface area contributed by atoms with E-state index in [1.54, 1.807) is 0 Å². The molecular weight excluding hydrogens is 196 g/mol. The molecule has 0 spiro atoms. The summed E-state index contributed by atoms with van der Waals surface area (Å²) < 4.78 is 0. The number of rotatable bonds is 0. The zero-order valence-corrected chi connectivity index (χ0v) is 10.6. The van der Waals surface area contributed by atoms with Crippen LogP contribution in [0.1, 0.15) is 34.1 Å². The van der Waals surface area contributed by atoms with Gasteiger partial charge in [-0.1, -0.05) is 39.8 Å². The first-order chi connectivity index (χ1) is 7.38. The maximum absolute atomic E-state index is 11.6. The van der Waals surface area contributed by atoms with Crippen LogP contribution in [0, 0.1) is 28.6 Å². The van der Waals surface area contributed by atoms with Crippen molar-refractivity contribution in [2.24, 2.45) is 28.6 Å². The largest absolute Gasteiger partial charge is 0.295 e. The maximum atomic E-state index is 11.6. The number of carbonyl (C=O) groups excluding carboxylic acids is 1. The third-order valence-corrected chi connectivity index (χ3v) is 5.51. The molecule has 0 radical (unpaired) electrons. The lowest BCUT2D eigenvalue weighted by molar-refractivity contribution is -0.117. The molecule has 0 aromatic rings. The van der Waals surface area contributed by atoms with Gasteiger partial charge in [-0.05, 0) is 40.2 Å². The van der Waals surface area contributed by atoms with E-state index in [2.05, 4.69) is 39.8 Å². The summed E-state index contributed by atoms with van der Waals surface area (Å²) in [5.41, 5.74) is 1.94. The number of allylic oxidation sites excluding steroid dienone is 4. The Morgan fingerprint density at radius 3 is 2.69 bits per heavy atom. The van der Waals surface area contributed by atoms with Gasteiger partial charge in [-0.3, -0.25) is 4.79 Å². The Hall–Kier alpha value is -0.850. The first-order valence-corrected chi connectivity index (χ1v) is 6.31. The first-order valence-electron chi connectivity index (χ1n) is 6.31. The molecule has 0 unspecified atom stereocenters. The lowest BCUT2D eigenvalue weighted by atomic mass is 9.61. The number of fused-ring (bicyclic) bond motifs is 3. The summed E-state index contributed by atoms with van der Waals surface area (Å²) in [6.07, 6.45) is 7.15. The van der Waals surface area contributed by atoms with Gasteiger partial charge in [0.15, 0.2) is 5.78 Å². The van der Waals surface area contributed by atoms with Crippen molar-refractivity contribution in [2.45, 2.75) is 34.1 Å². The van der Waals surface area contributed by atoms with Crippen LogP contribution in [0.5, 0.6) is 0 Å². The zero-order valence-electron chi connectivity index (χ0n) is 10.6. The standard InChI is InChI=1S/C15H20O/c1-9-7-11(16)8-10-5-6-12-13(14(12,2)3)15(9,10)4/h5-6,8-9,12-13H,7H2,1-4H3/t9-,12-,13+,15+/m1/s1. The number of hydrogen-bond donors (Lipinski definition) is 0. The van der Waals surface area contributed by atoms with Crippen molar-refractivity contribution in [3.63, 3.8) is 0 Å². The number of hydrogen-bond acceptors (Lipinski definition) is 1. The molecule has 0 aromatic carbocycles. The first kappa shape index (κ1) is 10.3. The average Bonchev–Trinajstić information content (AvgIpc) is 2.73. The zero-order chi connectivity index (χ0) is 11.7. The van der Waals surface area contributed by atoms with Gasteiger partial charge in [0.2, 0.25) is 0 Å². The minimum atomic E-state index is 0.233. The molecule has 0 saturated heterocycles. The Kier molecular flexibility index (Phi) is 1.74. The molecule has 1 nitrogen and oxygen atoms in total. The van der Waals surface area contributed by atoms with Crippen molar-refractivity contribution >= 4 is 5.78 Å². The highest BCUT2D eigenvalue weighted by atomic mass is 16.1. The second kappa shape index (κ2) is 2.69. The highest BCUT2D eigenvalue weighted by Crippen LogP contribution is 2.72. The van der Waals surface area contributed by atoms with Gasteiger partial charge in [0, 0.05) is 6.42 Å². The molecule has 0 aromatic heterocycles. The van der Waals surface area contributed by atoms with Crippen LogP contribution in [0.4, 0.5) is 0 Å². The predicted molar refractivity (Wildman–Crippen MR) is 64.9 cm³/mol. The SMILES string of the molecule is C[C@@H]1CC(=O)C=C2C=C[C@@H]3[C@@H](C3(C)C)[C@]21C. The quantitative estimate of drug-likeness (QED) is 0.606. The molecule has 16 heavy (non-hydrogen) atoms. The van der Waals surface area contributed by atoms with Crippen LogP contribution in [0.25, 0.3) is 0 Å². The molecule has 0 amide bonds. The normalized spacial score (nSPS) is 48.1. The fourth-order valence-electron chi connectivity index (χ4n) is 4.29. The molecule has 3 rings (SSSR count). The van der Waals surface area contributed by atoms with Crippen molar-refractivity contribution in [1.82, 2.24) is 0 Å². The van der Waals surface area contributed by atoms with Crippen LogP contribution in [0.3, 0.4) is 0 Å². The molecule has 0 N–H and O–H groups in total. The molecule has 3 aliphatic rings. The summed E-state index contributed by atoms with van der Waals surface area (Å²) in [5, 5.41) is 0. The molecule has 0 aliphatic heterocycles. The van der Waals surface area contributed by atoms with Crippen molar-refractivity contribution < 1.29 is 4.79 Å². The van der Waals surface area contributed by atoms with Crippen LogP contribution >= 0.6 is 0 Å². The molecule has 86 valence electrons. The minimum absolute atomic E-state index is 0.233.